The zero-order chi connectivity index (χ0) is 23.5. The van der Waals surface area contributed by atoms with Crippen LogP contribution in [0.5, 0.6) is 5.75 Å². The lowest BCUT2D eigenvalue weighted by Gasteiger charge is -2.35. The third kappa shape index (κ3) is 4.65. The maximum atomic E-state index is 13.1. The lowest BCUT2D eigenvalue weighted by atomic mass is 10.1. The smallest absolute Gasteiger partial charge is 0.241 e. The Morgan fingerprint density at radius 3 is 2.50 bits per heavy atom. The number of anilines is 1. The van der Waals surface area contributed by atoms with Gasteiger partial charge in [-0.2, -0.15) is 4.98 Å². The zero-order valence-electron chi connectivity index (χ0n) is 19.1. The molecule has 0 saturated carbocycles. The van der Waals surface area contributed by atoms with Crippen molar-refractivity contribution in [2.24, 2.45) is 5.92 Å². The van der Waals surface area contributed by atoms with Gasteiger partial charge in [0.05, 0.1) is 19.6 Å². The number of carbonyl (C=O) groups excluding carboxylic acids is 2. The first-order chi connectivity index (χ1) is 16.6. The van der Waals surface area contributed by atoms with Gasteiger partial charge in [0.25, 0.3) is 0 Å². The number of benzene rings is 2. The van der Waals surface area contributed by atoms with E-state index in [9.17, 15) is 9.59 Å². The molecule has 3 heterocycles. The molecule has 0 spiro atoms. The molecule has 2 fully saturated rings. The summed E-state index contributed by atoms with van der Waals surface area (Å²) in [6.07, 6.45) is 0.268. The Morgan fingerprint density at radius 2 is 1.79 bits per heavy atom. The first kappa shape index (κ1) is 22.1. The van der Waals surface area contributed by atoms with E-state index in [2.05, 4.69) is 15.0 Å². The highest BCUT2D eigenvalue weighted by atomic mass is 16.5. The lowest BCUT2D eigenvalue weighted by Crippen LogP contribution is -2.50. The van der Waals surface area contributed by atoms with Crippen LogP contribution in [-0.2, 0) is 16.1 Å². The van der Waals surface area contributed by atoms with Crippen LogP contribution < -0.4 is 9.64 Å². The number of rotatable bonds is 6. The van der Waals surface area contributed by atoms with Crippen molar-refractivity contribution in [2.45, 2.75) is 13.0 Å². The number of para-hydroxylation sites is 1. The summed E-state index contributed by atoms with van der Waals surface area (Å²) >= 11 is 0. The number of piperazine rings is 1. The van der Waals surface area contributed by atoms with Gasteiger partial charge in [-0.25, -0.2) is 0 Å². The number of ether oxygens (including phenoxy) is 1. The molecule has 1 unspecified atom stereocenters. The number of amides is 2. The van der Waals surface area contributed by atoms with E-state index in [1.54, 1.807) is 12.0 Å². The predicted octanol–water partition coefficient (Wildman–Crippen LogP) is 2.44. The average molecular weight is 462 g/mol. The molecule has 9 nitrogen and oxygen atoms in total. The van der Waals surface area contributed by atoms with Gasteiger partial charge >= 0.3 is 0 Å². The molecule has 0 N–H and O–H groups in total. The molecular weight excluding hydrogens is 434 g/mol. The SMILES string of the molecule is COc1ccc(-c2noc(CN3CCN(C(=O)C4CC(=O)N(c5ccccc5)C4)CC3)n2)cc1. The van der Waals surface area contributed by atoms with Gasteiger partial charge in [-0.3, -0.25) is 14.5 Å². The van der Waals surface area contributed by atoms with Gasteiger partial charge in [0.1, 0.15) is 5.75 Å². The number of methoxy groups -OCH3 is 1. The molecule has 0 bridgehead atoms. The van der Waals surface area contributed by atoms with Crippen LogP contribution in [0.1, 0.15) is 12.3 Å². The second-order valence-corrected chi connectivity index (χ2v) is 8.58. The van der Waals surface area contributed by atoms with Crippen LogP contribution in [0.3, 0.4) is 0 Å². The van der Waals surface area contributed by atoms with Crippen LogP contribution in [-0.4, -0.2) is 71.6 Å². The predicted molar refractivity (Wildman–Crippen MR) is 125 cm³/mol. The maximum absolute atomic E-state index is 13.1. The van der Waals surface area contributed by atoms with Crippen molar-refractivity contribution in [1.82, 2.24) is 19.9 Å². The highest BCUT2D eigenvalue weighted by molar-refractivity contribution is 6.00. The van der Waals surface area contributed by atoms with E-state index >= 15 is 0 Å². The zero-order valence-corrected chi connectivity index (χ0v) is 19.1. The molecule has 2 amide bonds. The highest BCUT2D eigenvalue weighted by Crippen LogP contribution is 2.26. The quantitative estimate of drug-likeness (QED) is 0.557. The standard InChI is InChI=1S/C25H27N5O4/c1-33-21-9-7-18(8-10-21)24-26-22(34-27-24)17-28-11-13-29(14-12-28)25(32)19-15-23(31)30(16-19)20-5-3-2-4-6-20/h2-10,19H,11-17H2,1H3. The summed E-state index contributed by atoms with van der Waals surface area (Å²) in [7, 11) is 1.63. The summed E-state index contributed by atoms with van der Waals surface area (Å²) in [5.41, 5.74) is 1.71. The van der Waals surface area contributed by atoms with E-state index in [4.69, 9.17) is 9.26 Å². The third-order valence-electron chi connectivity index (χ3n) is 6.40. The van der Waals surface area contributed by atoms with Crippen molar-refractivity contribution in [3.63, 3.8) is 0 Å². The first-order valence-electron chi connectivity index (χ1n) is 11.4. The number of nitrogens with zero attached hydrogens (tertiary/aromatic N) is 5. The molecule has 5 rings (SSSR count). The number of hydrogen-bond donors (Lipinski definition) is 0. The molecule has 2 saturated heterocycles. The van der Waals surface area contributed by atoms with Crippen LogP contribution >= 0.6 is 0 Å². The minimum Gasteiger partial charge on any atom is -0.497 e. The van der Waals surface area contributed by atoms with Crippen molar-refractivity contribution < 1.29 is 18.8 Å². The van der Waals surface area contributed by atoms with Crippen LogP contribution in [0.15, 0.2) is 59.1 Å². The second-order valence-electron chi connectivity index (χ2n) is 8.58. The van der Waals surface area contributed by atoms with Gasteiger partial charge in [0.2, 0.25) is 23.5 Å². The largest absolute Gasteiger partial charge is 0.497 e. The Balaban J connectivity index is 1.13. The minimum absolute atomic E-state index is 0.00671. The van der Waals surface area contributed by atoms with E-state index in [1.807, 2.05) is 59.5 Å². The Morgan fingerprint density at radius 1 is 1.06 bits per heavy atom. The Kier molecular flexibility index (Phi) is 6.27. The first-order valence-corrected chi connectivity index (χ1v) is 11.4. The van der Waals surface area contributed by atoms with Crippen LogP contribution in [0.4, 0.5) is 5.69 Å². The van der Waals surface area contributed by atoms with Crippen LogP contribution in [0, 0.1) is 5.92 Å². The van der Waals surface area contributed by atoms with Crippen molar-refractivity contribution in [3.8, 4) is 17.1 Å². The van der Waals surface area contributed by atoms with Crippen molar-refractivity contribution >= 4 is 17.5 Å². The fourth-order valence-corrected chi connectivity index (χ4v) is 4.48. The van der Waals surface area contributed by atoms with E-state index < -0.39 is 0 Å². The minimum atomic E-state index is -0.290. The lowest BCUT2D eigenvalue weighted by molar-refractivity contribution is -0.137. The molecule has 9 heteroatoms. The summed E-state index contributed by atoms with van der Waals surface area (Å²) in [4.78, 5) is 35.9. The average Bonchev–Trinajstić information content (AvgIpc) is 3.51. The van der Waals surface area contributed by atoms with E-state index in [-0.39, 0.29) is 24.2 Å². The molecule has 0 radical (unpaired) electrons. The van der Waals surface area contributed by atoms with Gasteiger partial charge < -0.3 is 19.1 Å². The number of carbonyl (C=O) groups is 2. The van der Waals surface area contributed by atoms with E-state index in [0.29, 0.717) is 37.9 Å². The van der Waals surface area contributed by atoms with Gasteiger partial charge in [-0.05, 0) is 36.4 Å². The summed E-state index contributed by atoms with van der Waals surface area (Å²) in [5.74, 6) is 1.64. The Labute approximate surface area is 197 Å². The van der Waals surface area contributed by atoms with Crippen molar-refractivity contribution in [2.75, 3.05) is 44.7 Å². The summed E-state index contributed by atoms with van der Waals surface area (Å²) in [6.45, 7) is 3.65. The van der Waals surface area contributed by atoms with Gasteiger partial charge in [-0.15, -0.1) is 0 Å². The fourth-order valence-electron chi connectivity index (χ4n) is 4.48. The maximum Gasteiger partial charge on any atom is 0.241 e. The summed E-state index contributed by atoms with van der Waals surface area (Å²) in [5, 5.41) is 4.09. The van der Waals surface area contributed by atoms with E-state index in [1.165, 1.54) is 0 Å². The summed E-state index contributed by atoms with van der Waals surface area (Å²) < 4.78 is 10.6. The summed E-state index contributed by atoms with van der Waals surface area (Å²) in [6, 6.07) is 17.0. The fraction of sp³-hybridized carbons (Fsp3) is 0.360. The molecule has 0 aliphatic carbocycles. The molecule has 176 valence electrons. The van der Waals surface area contributed by atoms with Gasteiger partial charge in [0, 0.05) is 50.4 Å². The van der Waals surface area contributed by atoms with Gasteiger partial charge in [0.15, 0.2) is 0 Å². The molecule has 1 atom stereocenters. The normalized spacial score (nSPS) is 19.0. The van der Waals surface area contributed by atoms with Crippen molar-refractivity contribution in [3.05, 3.63) is 60.5 Å². The molecular formula is C25H27N5O4. The van der Waals surface area contributed by atoms with Gasteiger partial charge in [-0.1, -0.05) is 23.4 Å². The highest BCUT2D eigenvalue weighted by Gasteiger charge is 2.38. The molecule has 1 aromatic heterocycles. The molecule has 2 aliphatic heterocycles. The van der Waals surface area contributed by atoms with Crippen LogP contribution in [0.2, 0.25) is 0 Å². The molecule has 34 heavy (non-hydrogen) atoms. The van der Waals surface area contributed by atoms with Crippen LogP contribution in [0.25, 0.3) is 11.4 Å². The third-order valence-corrected chi connectivity index (χ3v) is 6.40. The van der Waals surface area contributed by atoms with E-state index in [0.717, 1.165) is 30.1 Å². The topological polar surface area (TPSA) is 92.0 Å². The molecule has 3 aromatic rings. The molecule has 2 aromatic carbocycles. The van der Waals surface area contributed by atoms with Crippen molar-refractivity contribution in [1.29, 1.82) is 0 Å². The Bertz CT molecular complexity index is 1140. The number of hydrogen-bond acceptors (Lipinski definition) is 7. The second kappa shape index (κ2) is 9.64. The Hall–Kier alpha value is -3.72. The monoisotopic (exact) mass is 461 g/mol. The molecule has 2 aliphatic rings. The number of aromatic nitrogens is 2.